The minimum absolute atomic E-state index is 0.304. The lowest BCUT2D eigenvalue weighted by Gasteiger charge is -1.96. The van der Waals surface area contributed by atoms with Crippen LogP contribution in [0.3, 0.4) is 0 Å². The number of nitrogens with one attached hydrogen (secondary N) is 1. The summed E-state index contributed by atoms with van der Waals surface area (Å²) in [4.78, 5) is 3.87. The zero-order valence-electron chi connectivity index (χ0n) is 9.48. The third kappa shape index (κ3) is 3.07. The Morgan fingerprint density at radius 3 is 2.94 bits per heavy atom. The summed E-state index contributed by atoms with van der Waals surface area (Å²) in [5.41, 5.74) is 0.473. The normalized spacial score (nSPS) is 10.7. The van der Waals surface area contributed by atoms with Crippen LogP contribution in [0.15, 0.2) is 22.7 Å². The maximum Gasteiger partial charge on any atom is 0.266 e. The number of halogens is 1. The van der Waals surface area contributed by atoms with Gasteiger partial charge in [-0.3, -0.25) is 0 Å². The van der Waals surface area contributed by atoms with Crippen molar-refractivity contribution in [3.8, 4) is 11.6 Å². The maximum atomic E-state index is 12.7. The van der Waals surface area contributed by atoms with Crippen molar-refractivity contribution in [1.82, 2.24) is 20.5 Å². The summed E-state index contributed by atoms with van der Waals surface area (Å²) in [6, 6.07) is 2.81. The molecule has 0 saturated carbocycles. The predicted molar refractivity (Wildman–Crippen MR) is 59.5 cm³/mol. The first kappa shape index (κ1) is 11.7. The fourth-order valence-corrected chi connectivity index (χ4v) is 1.30. The van der Waals surface area contributed by atoms with Crippen LogP contribution in [0.4, 0.5) is 4.39 Å². The Morgan fingerprint density at radius 2 is 2.24 bits per heavy atom. The number of aromatic nitrogens is 3. The van der Waals surface area contributed by atoms with Crippen LogP contribution in [0.1, 0.15) is 19.2 Å². The van der Waals surface area contributed by atoms with Crippen molar-refractivity contribution < 1.29 is 8.81 Å². The zero-order valence-corrected chi connectivity index (χ0v) is 9.48. The molecule has 5 nitrogen and oxygen atoms in total. The van der Waals surface area contributed by atoms with Crippen molar-refractivity contribution in [2.75, 3.05) is 6.54 Å². The molecule has 0 aliphatic heterocycles. The molecular formula is C11H13FN4O. The molecular weight excluding hydrogens is 223 g/mol. The molecule has 0 radical (unpaired) electrons. The van der Waals surface area contributed by atoms with Crippen LogP contribution in [0.2, 0.25) is 0 Å². The van der Waals surface area contributed by atoms with E-state index < -0.39 is 5.82 Å². The molecule has 90 valence electrons. The molecule has 0 aliphatic carbocycles. The number of hydrogen-bond donors (Lipinski definition) is 1. The molecule has 6 heteroatoms. The third-order valence-electron chi connectivity index (χ3n) is 2.12. The highest BCUT2D eigenvalue weighted by Crippen LogP contribution is 2.14. The van der Waals surface area contributed by atoms with Crippen molar-refractivity contribution in [2.24, 2.45) is 0 Å². The van der Waals surface area contributed by atoms with E-state index in [1.807, 2.05) is 0 Å². The van der Waals surface area contributed by atoms with Gasteiger partial charge in [0, 0.05) is 0 Å². The van der Waals surface area contributed by atoms with Crippen LogP contribution in [0, 0.1) is 5.82 Å². The molecule has 0 unspecified atom stereocenters. The second-order valence-electron chi connectivity index (χ2n) is 3.54. The monoisotopic (exact) mass is 236 g/mol. The molecule has 0 amide bonds. The minimum atomic E-state index is -0.391. The van der Waals surface area contributed by atoms with Gasteiger partial charge in [-0.25, -0.2) is 9.37 Å². The Kier molecular flexibility index (Phi) is 3.77. The van der Waals surface area contributed by atoms with Gasteiger partial charge in [0.05, 0.1) is 12.7 Å². The van der Waals surface area contributed by atoms with Crippen LogP contribution in [0.5, 0.6) is 0 Å². The molecule has 0 aromatic carbocycles. The van der Waals surface area contributed by atoms with E-state index in [0.29, 0.717) is 24.0 Å². The van der Waals surface area contributed by atoms with E-state index in [1.165, 1.54) is 12.1 Å². The van der Waals surface area contributed by atoms with Crippen molar-refractivity contribution in [2.45, 2.75) is 19.9 Å². The first-order valence-electron chi connectivity index (χ1n) is 5.44. The topological polar surface area (TPSA) is 63.8 Å². The third-order valence-corrected chi connectivity index (χ3v) is 2.12. The first-order chi connectivity index (χ1) is 8.29. The fourth-order valence-electron chi connectivity index (χ4n) is 1.30. The Balaban J connectivity index is 2.04. The van der Waals surface area contributed by atoms with E-state index >= 15 is 0 Å². The number of pyridine rings is 1. The maximum absolute atomic E-state index is 12.7. The van der Waals surface area contributed by atoms with Gasteiger partial charge in [0.2, 0.25) is 5.89 Å². The Labute approximate surface area is 98.1 Å². The van der Waals surface area contributed by atoms with E-state index in [1.54, 1.807) is 0 Å². The summed E-state index contributed by atoms with van der Waals surface area (Å²) in [5.74, 6) is 0.413. The van der Waals surface area contributed by atoms with Crippen LogP contribution in [-0.4, -0.2) is 21.7 Å². The Hall–Kier alpha value is -1.82. The number of rotatable bonds is 5. The molecule has 0 spiro atoms. The highest BCUT2D eigenvalue weighted by molar-refractivity contribution is 5.45. The van der Waals surface area contributed by atoms with Crippen molar-refractivity contribution in [3.05, 3.63) is 30.0 Å². The van der Waals surface area contributed by atoms with Crippen LogP contribution >= 0.6 is 0 Å². The second kappa shape index (κ2) is 5.49. The highest BCUT2D eigenvalue weighted by Gasteiger charge is 2.09. The number of nitrogens with zero attached hydrogens (tertiary/aromatic N) is 3. The van der Waals surface area contributed by atoms with Crippen LogP contribution in [-0.2, 0) is 6.54 Å². The minimum Gasteiger partial charge on any atom is -0.418 e. The molecule has 0 bridgehead atoms. The summed E-state index contributed by atoms with van der Waals surface area (Å²) in [6.07, 6.45) is 2.16. The molecule has 2 aromatic heterocycles. The number of hydrogen-bond acceptors (Lipinski definition) is 5. The fraction of sp³-hybridized carbons (Fsp3) is 0.364. The molecule has 2 heterocycles. The average molecular weight is 236 g/mol. The molecule has 0 aliphatic rings. The first-order valence-corrected chi connectivity index (χ1v) is 5.44. The predicted octanol–water partition coefficient (Wildman–Crippen LogP) is 1.77. The standard InChI is InChI=1S/C11H13FN4O/c1-2-5-13-7-10-15-16-11(17-10)9-4-3-8(12)6-14-9/h3-4,6,13H,2,5,7H2,1H3. The molecule has 2 rings (SSSR count). The van der Waals surface area contributed by atoms with Gasteiger partial charge in [-0.05, 0) is 25.1 Å². The lowest BCUT2D eigenvalue weighted by Crippen LogP contribution is -2.13. The van der Waals surface area contributed by atoms with Crippen molar-refractivity contribution in [1.29, 1.82) is 0 Å². The van der Waals surface area contributed by atoms with Gasteiger partial charge in [-0.2, -0.15) is 0 Å². The summed E-state index contributed by atoms with van der Waals surface area (Å²) >= 11 is 0. The molecule has 1 N–H and O–H groups in total. The van der Waals surface area contributed by atoms with E-state index in [-0.39, 0.29) is 0 Å². The largest absolute Gasteiger partial charge is 0.418 e. The lowest BCUT2D eigenvalue weighted by molar-refractivity contribution is 0.476. The highest BCUT2D eigenvalue weighted by atomic mass is 19.1. The van der Waals surface area contributed by atoms with E-state index in [9.17, 15) is 4.39 Å². The summed E-state index contributed by atoms with van der Waals surface area (Å²) in [7, 11) is 0. The van der Waals surface area contributed by atoms with E-state index in [0.717, 1.165) is 19.2 Å². The van der Waals surface area contributed by atoms with Gasteiger partial charge < -0.3 is 9.73 Å². The molecule has 0 saturated heterocycles. The summed E-state index contributed by atoms with van der Waals surface area (Å²) < 4.78 is 18.1. The molecule has 0 fully saturated rings. The summed E-state index contributed by atoms with van der Waals surface area (Å²) in [5, 5.41) is 10.9. The zero-order chi connectivity index (χ0) is 12.1. The van der Waals surface area contributed by atoms with Crippen LogP contribution < -0.4 is 5.32 Å². The Morgan fingerprint density at radius 1 is 1.35 bits per heavy atom. The van der Waals surface area contributed by atoms with Gasteiger partial charge in [0.15, 0.2) is 0 Å². The van der Waals surface area contributed by atoms with Crippen molar-refractivity contribution >= 4 is 0 Å². The lowest BCUT2D eigenvalue weighted by atomic mass is 10.3. The second-order valence-corrected chi connectivity index (χ2v) is 3.54. The average Bonchev–Trinajstić information content (AvgIpc) is 2.79. The quantitative estimate of drug-likeness (QED) is 0.801. The van der Waals surface area contributed by atoms with Gasteiger partial charge in [-0.1, -0.05) is 6.92 Å². The summed E-state index contributed by atoms with van der Waals surface area (Å²) in [6.45, 7) is 3.50. The smallest absolute Gasteiger partial charge is 0.266 e. The van der Waals surface area contributed by atoms with Gasteiger partial charge in [0.1, 0.15) is 11.5 Å². The van der Waals surface area contributed by atoms with Gasteiger partial charge in [0.25, 0.3) is 5.89 Å². The van der Waals surface area contributed by atoms with E-state index in [4.69, 9.17) is 4.42 Å². The molecule has 17 heavy (non-hydrogen) atoms. The van der Waals surface area contributed by atoms with E-state index in [2.05, 4.69) is 27.4 Å². The van der Waals surface area contributed by atoms with Crippen LogP contribution in [0.25, 0.3) is 11.6 Å². The van der Waals surface area contributed by atoms with Gasteiger partial charge >= 0.3 is 0 Å². The van der Waals surface area contributed by atoms with Crippen molar-refractivity contribution in [3.63, 3.8) is 0 Å². The van der Waals surface area contributed by atoms with Gasteiger partial charge in [-0.15, -0.1) is 10.2 Å². The SMILES string of the molecule is CCCNCc1nnc(-c2ccc(F)cn2)o1. The molecule has 0 atom stereocenters. The Bertz CT molecular complexity index is 469. The molecule has 2 aromatic rings.